The van der Waals surface area contributed by atoms with Crippen LogP contribution in [0.15, 0.2) is 24.3 Å². The first-order valence-electron chi connectivity index (χ1n) is 11.9. The first-order valence-corrected chi connectivity index (χ1v) is 11.9. The van der Waals surface area contributed by atoms with E-state index in [0.717, 1.165) is 37.4 Å². The molecular weight excluding hydrogens is 376 g/mol. The first-order chi connectivity index (χ1) is 14.6. The van der Waals surface area contributed by atoms with Crippen molar-refractivity contribution in [2.75, 3.05) is 19.7 Å². The average Bonchev–Trinajstić information content (AvgIpc) is 2.79. The Labute approximate surface area is 181 Å². The Morgan fingerprint density at radius 1 is 1.00 bits per heavy atom. The second-order valence-corrected chi connectivity index (χ2v) is 8.89. The molecule has 3 rings (SSSR count). The van der Waals surface area contributed by atoms with Crippen LogP contribution in [0.3, 0.4) is 0 Å². The predicted octanol–water partition coefficient (Wildman–Crippen LogP) is 4.80. The maximum Gasteiger partial charge on any atom is 0.253 e. The summed E-state index contributed by atoms with van der Waals surface area (Å²) in [5, 5.41) is 3.27. The smallest absolute Gasteiger partial charge is 0.253 e. The summed E-state index contributed by atoms with van der Waals surface area (Å²) in [6, 6.07) is 7.55. The van der Waals surface area contributed by atoms with Crippen LogP contribution in [-0.4, -0.2) is 42.5 Å². The van der Waals surface area contributed by atoms with Crippen molar-refractivity contribution in [3.05, 3.63) is 29.8 Å². The molecule has 0 spiro atoms. The van der Waals surface area contributed by atoms with Gasteiger partial charge in [0.2, 0.25) is 5.91 Å². The molecule has 0 aromatic heterocycles. The lowest BCUT2D eigenvalue weighted by atomic mass is 9.79. The molecule has 2 fully saturated rings. The summed E-state index contributed by atoms with van der Waals surface area (Å²) in [6.45, 7) is 6.20. The lowest BCUT2D eigenvalue weighted by Crippen LogP contribution is -2.48. The average molecular weight is 415 g/mol. The molecule has 166 valence electrons. The van der Waals surface area contributed by atoms with E-state index in [9.17, 15) is 9.59 Å². The molecule has 0 unspecified atom stereocenters. The molecule has 0 bridgehead atoms. The number of nitrogens with zero attached hydrogens (tertiary/aromatic N) is 1. The number of rotatable bonds is 8. The van der Waals surface area contributed by atoms with Crippen molar-refractivity contribution < 1.29 is 14.3 Å². The number of likely N-dealkylation sites (tertiary alicyclic amines) is 1. The quantitative estimate of drug-likeness (QED) is 0.664. The second-order valence-electron chi connectivity index (χ2n) is 8.89. The minimum Gasteiger partial charge on any atom is -0.494 e. The third-order valence-electron chi connectivity index (χ3n) is 6.72. The number of unbranched alkanes of at least 4 members (excludes halogenated alkanes) is 1. The summed E-state index contributed by atoms with van der Waals surface area (Å²) in [4.78, 5) is 27.4. The number of benzene rings is 1. The van der Waals surface area contributed by atoms with Crippen LogP contribution in [0.2, 0.25) is 0 Å². The minimum atomic E-state index is 0.0632. The van der Waals surface area contributed by atoms with Crippen LogP contribution in [0.4, 0.5) is 0 Å². The van der Waals surface area contributed by atoms with Crippen LogP contribution in [-0.2, 0) is 4.79 Å². The molecule has 0 atom stereocenters. The van der Waals surface area contributed by atoms with E-state index in [1.54, 1.807) is 0 Å². The number of carbonyl (C=O) groups excluding carboxylic acids is 2. The van der Waals surface area contributed by atoms with E-state index in [2.05, 4.69) is 12.2 Å². The largest absolute Gasteiger partial charge is 0.494 e. The summed E-state index contributed by atoms with van der Waals surface area (Å²) in [7, 11) is 0. The van der Waals surface area contributed by atoms with Gasteiger partial charge in [-0.25, -0.2) is 0 Å². The summed E-state index contributed by atoms with van der Waals surface area (Å²) < 4.78 is 5.44. The highest BCUT2D eigenvalue weighted by molar-refractivity contribution is 5.94. The Morgan fingerprint density at radius 3 is 2.27 bits per heavy atom. The Hall–Kier alpha value is -2.04. The molecule has 5 heteroatoms. The van der Waals surface area contributed by atoms with Crippen molar-refractivity contribution in [3.63, 3.8) is 0 Å². The Balaban J connectivity index is 1.40. The molecule has 1 aliphatic carbocycles. The van der Waals surface area contributed by atoms with E-state index < -0.39 is 0 Å². The number of carbonyl (C=O) groups is 2. The van der Waals surface area contributed by atoms with Gasteiger partial charge in [-0.1, -0.05) is 26.2 Å². The van der Waals surface area contributed by atoms with Gasteiger partial charge in [-0.2, -0.15) is 0 Å². The number of nitrogens with one attached hydrogen (secondary N) is 1. The minimum absolute atomic E-state index is 0.0632. The van der Waals surface area contributed by atoms with Gasteiger partial charge >= 0.3 is 0 Å². The van der Waals surface area contributed by atoms with Crippen molar-refractivity contribution in [1.82, 2.24) is 10.2 Å². The zero-order valence-corrected chi connectivity index (χ0v) is 18.7. The maximum atomic E-state index is 12.7. The van der Waals surface area contributed by atoms with Gasteiger partial charge in [-0.15, -0.1) is 0 Å². The van der Waals surface area contributed by atoms with Crippen molar-refractivity contribution in [2.24, 2.45) is 11.8 Å². The zero-order chi connectivity index (χ0) is 21.3. The monoisotopic (exact) mass is 414 g/mol. The first kappa shape index (κ1) is 22.6. The fourth-order valence-electron chi connectivity index (χ4n) is 4.80. The zero-order valence-electron chi connectivity index (χ0n) is 18.7. The van der Waals surface area contributed by atoms with Gasteiger partial charge in [0.15, 0.2) is 0 Å². The summed E-state index contributed by atoms with van der Waals surface area (Å²) in [5.41, 5.74) is 0.695. The van der Waals surface area contributed by atoms with Crippen molar-refractivity contribution >= 4 is 11.8 Å². The van der Waals surface area contributed by atoms with Crippen LogP contribution in [0.25, 0.3) is 0 Å². The third kappa shape index (κ3) is 6.23. The maximum absolute atomic E-state index is 12.7. The van der Waals surface area contributed by atoms with Crippen LogP contribution < -0.4 is 10.1 Å². The fraction of sp³-hybridized carbons (Fsp3) is 0.680. The van der Waals surface area contributed by atoms with Crippen LogP contribution in [0.1, 0.15) is 82.0 Å². The van der Waals surface area contributed by atoms with Crippen LogP contribution in [0, 0.1) is 11.8 Å². The standard InChI is InChI=1S/C25H38N2O3/c1-3-5-6-19-7-9-20(10-8-19)24(28)26-22-15-17-27(18-16-22)25(29)21-11-13-23(14-12-21)30-4-2/h11-14,19-20,22H,3-10,15-18H2,1-2H3,(H,26,28). The van der Waals surface area contributed by atoms with Crippen molar-refractivity contribution in [1.29, 1.82) is 0 Å². The molecule has 1 N–H and O–H groups in total. The van der Waals surface area contributed by atoms with Crippen molar-refractivity contribution in [3.8, 4) is 5.75 Å². The van der Waals surface area contributed by atoms with Gasteiger partial charge in [-0.05, 0) is 75.6 Å². The molecular formula is C25H38N2O3. The number of hydrogen-bond donors (Lipinski definition) is 1. The highest BCUT2D eigenvalue weighted by Crippen LogP contribution is 2.32. The summed E-state index contributed by atoms with van der Waals surface area (Å²) in [6.07, 6.45) is 10.0. The lowest BCUT2D eigenvalue weighted by molar-refractivity contribution is -0.127. The van der Waals surface area contributed by atoms with Gasteiger partial charge in [0.1, 0.15) is 5.75 Å². The molecule has 1 aromatic rings. The second kappa shape index (κ2) is 11.4. The molecule has 0 radical (unpaired) electrons. The Kier molecular flexibility index (Phi) is 8.59. The third-order valence-corrected chi connectivity index (χ3v) is 6.72. The lowest BCUT2D eigenvalue weighted by Gasteiger charge is -2.34. The number of piperidine rings is 1. The van der Waals surface area contributed by atoms with Gasteiger partial charge in [0, 0.05) is 30.6 Å². The highest BCUT2D eigenvalue weighted by atomic mass is 16.5. The van der Waals surface area contributed by atoms with E-state index in [1.807, 2.05) is 36.1 Å². The van der Waals surface area contributed by atoms with E-state index in [0.29, 0.717) is 25.3 Å². The van der Waals surface area contributed by atoms with E-state index in [1.165, 1.54) is 32.1 Å². The molecule has 1 aromatic carbocycles. The fourth-order valence-corrected chi connectivity index (χ4v) is 4.80. The van der Waals surface area contributed by atoms with Gasteiger partial charge < -0.3 is 15.0 Å². The summed E-state index contributed by atoms with van der Waals surface area (Å²) >= 11 is 0. The Bertz CT molecular complexity index is 672. The topological polar surface area (TPSA) is 58.6 Å². The van der Waals surface area contributed by atoms with Crippen LogP contribution >= 0.6 is 0 Å². The van der Waals surface area contributed by atoms with Gasteiger partial charge in [-0.3, -0.25) is 9.59 Å². The number of amides is 2. The van der Waals surface area contributed by atoms with E-state index in [4.69, 9.17) is 4.74 Å². The molecule has 1 aliphatic heterocycles. The molecule has 5 nitrogen and oxygen atoms in total. The predicted molar refractivity (Wildman–Crippen MR) is 120 cm³/mol. The number of hydrogen-bond acceptors (Lipinski definition) is 3. The molecule has 2 aliphatic rings. The normalized spacial score (nSPS) is 22.5. The van der Waals surface area contributed by atoms with Gasteiger partial charge in [0.25, 0.3) is 5.91 Å². The molecule has 1 heterocycles. The van der Waals surface area contributed by atoms with E-state index in [-0.39, 0.29) is 23.8 Å². The molecule has 1 saturated carbocycles. The van der Waals surface area contributed by atoms with E-state index >= 15 is 0 Å². The van der Waals surface area contributed by atoms with Gasteiger partial charge in [0.05, 0.1) is 6.61 Å². The molecule has 2 amide bonds. The molecule has 30 heavy (non-hydrogen) atoms. The SMILES string of the molecule is CCCCC1CCC(C(=O)NC2CCN(C(=O)c3ccc(OCC)cc3)CC2)CC1. The Morgan fingerprint density at radius 2 is 1.67 bits per heavy atom. The van der Waals surface area contributed by atoms with Crippen molar-refractivity contribution in [2.45, 2.75) is 77.7 Å². The van der Waals surface area contributed by atoms with Crippen LogP contribution in [0.5, 0.6) is 5.75 Å². The summed E-state index contributed by atoms with van der Waals surface area (Å²) in [5.74, 6) is 2.10. The number of ether oxygens (including phenoxy) is 1. The highest BCUT2D eigenvalue weighted by Gasteiger charge is 2.29. The molecule has 1 saturated heterocycles.